The molecular weight excluding hydrogens is 576 g/mol. The van der Waals surface area contributed by atoms with Crippen molar-refractivity contribution in [3.63, 3.8) is 0 Å². The number of ketones is 1. The summed E-state index contributed by atoms with van der Waals surface area (Å²) in [7, 11) is 0. The zero-order valence-electron chi connectivity index (χ0n) is 19.6. The number of hydrogen-bond donors (Lipinski definition) is 0. The van der Waals surface area contributed by atoms with Crippen molar-refractivity contribution in [2.45, 2.75) is 18.3 Å². The van der Waals surface area contributed by atoms with Crippen molar-refractivity contribution in [2.24, 2.45) is 11.8 Å². The predicted octanol–water partition coefficient (Wildman–Crippen LogP) is 7.06. The normalized spacial score (nSPS) is 23.6. The van der Waals surface area contributed by atoms with E-state index in [4.69, 9.17) is 34.8 Å². The third-order valence-electron chi connectivity index (χ3n) is 7.44. The van der Waals surface area contributed by atoms with Gasteiger partial charge in [0.1, 0.15) is 6.04 Å². The van der Waals surface area contributed by atoms with Gasteiger partial charge in [0.25, 0.3) is 0 Å². The molecule has 0 N–H and O–H groups in total. The second-order valence-electron chi connectivity index (χ2n) is 9.50. The first-order chi connectivity index (χ1) is 18.5. The lowest BCUT2D eigenvalue weighted by Gasteiger charge is -2.35. The molecule has 3 aromatic carbocycles. The molecule has 6 rings (SSSR count). The lowest BCUT2D eigenvalue weighted by atomic mass is 9.83. The van der Waals surface area contributed by atoms with Crippen LogP contribution in [0.2, 0.25) is 15.1 Å². The van der Waals surface area contributed by atoms with E-state index >= 15 is 0 Å². The Hall–Kier alpha value is -3.33. The molecule has 3 aromatic rings. The monoisotopic (exact) mass is 590 g/mol. The van der Waals surface area contributed by atoms with Crippen molar-refractivity contribution in [3.05, 3.63) is 104 Å². The highest BCUT2D eigenvalue weighted by atomic mass is 35.5. The first-order valence-corrected chi connectivity index (χ1v) is 12.9. The summed E-state index contributed by atoms with van der Waals surface area (Å²) in [4.78, 5) is 44.2. The minimum atomic E-state index is -4.80. The van der Waals surface area contributed by atoms with Crippen LogP contribution in [0.3, 0.4) is 0 Å². The molecule has 0 aromatic heterocycles. The van der Waals surface area contributed by atoms with E-state index in [0.29, 0.717) is 11.1 Å². The van der Waals surface area contributed by atoms with E-state index < -0.39 is 58.3 Å². The fourth-order valence-electron chi connectivity index (χ4n) is 5.83. The fraction of sp³-hybridized carbons (Fsp3) is 0.179. The molecule has 0 spiro atoms. The summed E-state index contributed by atoms with van der Waals surface area (Å²) in [6.07, 6.45) is -1.34. The number of rotatable bonds is 3. The van der Waals surface area contributed by atoms with Crippen LogP contribution in [-0.4, -0.2) is 28.5 Å². The Kier molecular flexibility index (Phi) is 6.06. The van der Waals surface area contributed by atoms with Crippen LogP contribution in [0.1, 0.15) is 33.1 Å². The number of carbonyl (C=O) groups is 3. The van der Waals surface area contributed by atoms with Crippen molar-refractivity contribution >= 4 is 64.2 Å². The number of nitrogens with zero attached hydrogens (tertiary/aromatic N) is 2. The highest BCUT2D eigenvalue weighted by molar-refractivity contribution is 6.37. The van der Waals surface area contributed by atoms with Crippen LogP contribution >= 0.6 is 34.8 Å². The minimum Gasteiger partial charge on any atom is -0.358 e. The number of carbonyl (C=O) groups excluding carboxylic acids is 3. The van der Waals surface area contributed by atoms with Gasteiger partial charge in [-0.15, -0.1) is 0 Å². The zero-order chi connectivity index (χ0) is 27.8. The van der Waals surface area contributed by atoms with Gasteiger partial charge in [-0.25, -0.2) is 4.90 Å². The minimum absolute atomic E-state index is 0.0787. The van der Waals surface area contributed by atoms with Gasteiger partial charge in [-0.1, -0.05) is 59.1 Å². The maximum atomic E-state index is 14.0. The van der Waals surface area contributed by atoms with Crippen molar-refractivity contribution in [3.8, 4) is 0 Å². The van der Waals surface area contributed by atoms with E-state index in [1.807, 2.05) is 12.1 Å². The summed E-state index contributed by atoms with van der Waals surface area (Å²) in [5.41, 5.74) is 0.204. The average Bonchev–Trinajstić information content (AvgIpc) is 3.36. The maximum absolute atomic E-state index is 14.0. The average molecular weight is 592 g/mol. The quantitative estimate of drug-likeness (QED) is 0.242. The van der Waals surface area contributed by atoms with Crippen LogP contribution < -0.4 is 4.90 Å². The molecular formula is C28H16Cl3F3N2O3. The number of imide groups is 1. The number of fused-ring (bicyclic) bond motifs is 5. The number of anilines is 1. The Balaban J connectivity index is 1.50. The first-order valence-electron chi connectivity index (χ1n) is 11.8. The molecule has 0 aliphatic carbocycles. The smallest absolute Gasteiger partial charge is 0.358 e. The van der Waals surface area contributed by atoms with Gasteiger partial charge in [0.05, 0.1) is 39.2 Å². The molecule has 0 radical (unpaired) electrons. The summed E-state index contributed by atoms with van der Waals surface area (Å²) in [6, 6.07) is 12.6. The number of halogens is 6. The van der Waals surface area contributed by atoms with Crippen molar-refractivity contribution in [2.75, 3.05) is 4.90 Å². The second kappa shape index (κ2) is 9.11. The van der Waals surface area contributed by atoms with Crippen LogP contribution in [0.5, 0.6) is 0 Å². The molecule has 5 nitrogen and oxygen atoms in total. The highest BCUT2D eigenvalue weighted by Crippen LogP contribution is 2.54. The summed E-state index contributed by atoms with van der Waals surface area (Å²) in [5, 5.41) is -0.171. The number of amides is 2. The van der Waals surface area contributed by atoms with Gasteiger partial charge in [-0.05, 0) is 53.6 Å². The van der Waals surface area contributed by atoms with Gasteiger partial charge in [0, 0.05) is 16.8 Å². The van der Waals surface area contributed by atoms with E-state index in [1.165, 1.54) is 24.3 Å². The third kappa shape index (κ3) is 3.96. The molecule has 3 aliphatic rings. The van der Waals surface area contributed by atoms with E-state index in [1.54, 1.807) is 29.3 Å². The predicted molar refractivity (Wildman–Crippen MR) is 141 cm³/mol. The van der Waals surface area contributed by atoms with Gasteiger partial charge < -0.3 is 4.90 Å². The number of hydrogen-bond acceptors (Lipinski definition) is 4. The van der Waals surface area contributed by atoms with Gasteiger partial charge in [-0.3, -0.25) is 14.4 Å². The Bertz CT molecular complexity index is 1610. The zero-order valence-corrected chi connectivity index (χ0v) is 21.9. The molecule has 0 bridgehead atoms. The third-order valence-corrected chi connectivity index (χ3v) is 8.32. The van der Waals surface area contributed by atoms with Crippen LogP contribution in [0.25, 0.3) is 6.08 Å². The van der Waals surface area contributed by atoms with Gasteiger partial charge in [0.2, 0.25) is 11.8 Å². The topological polar surface area (TPSA) is 57.7 Å². The number of benzene rings is 3. The SMILES string of the molecule is O=C(c1ccc(Cl)cc1Cl)[C@@H]1[C@@H]2C(=O)N(c3ccc(Cl)c(C(F)(F)F)c3)C(=O)[C@@H]2[C@H]2c3ccccc3C=CN12. The van der Waals surface area contributed by atoms with E-state index in [9.17, 15) is 27.6 Å². The largest absolute Gasteiger partial charge is 0.417 e. The summed E-state index contributed by atoms with van der Waals surface area (Å²) < 4.78 is 40.8. The first kappa shape index (κ1) is 25.9. The lowest BCUT2D eigenvalue weighted by molar-refractivity contribution is -0.137. The summed E-state index contributed by atoms with van der Waals surface area (Å²) in [6.45, 7) is 0. The summed E-state index contributed by atoms with van der Waals surface area (Å²) in [5.74, 6) is -4.19. The molecule has 2 saturated heterocycles. The van der Waals surface area contributed by atoms with Crippen molar-refractivity contribution in [1.82, 2.24) is 4.90 Å². The number of alkyl halides is 3. The molecule has 198 valence electrons. The molecule has 0 unspecified atom stereocenters. The van der Waals surface area contributed by atoms with Crippen LogP contribution in [0, 0.1) is 11.8 Å². The molecule has 4 atom stereocenters. The van der Waals surface area contributed by atoms with Gasteiger partial charge in [0.15, 0.2) is 5.78 Å². The highest BCUT2D eigenvalue weighted by Gasteiger charge is 2.64. The molecule has 3 heterocycles. The van der Waals surface area contributed by atoms with Crippen LogP contribution in [-0.2, 0) is 15.8 Å². The second-order valence-corrected chi connectivity index (χ2v) is 10.7. The van der Waals surface area contributed by atoms with E-state index in [-0.39, 0.29) is 16.3 Å². The van der Waals surface area contributed by atoms with Crippen LogP contribution in [0.15, 0.2) is 66.9 Å². The number of Topliss-reactive ketones (excluding diaryl/α,β-unsaturated/α-hetero) is 1. The maximum Gasteiger partial charge on any atom is 0.417 e. The fourth-order valence-corrected chi connectivity index (χ4v) is 6.56. The Morgan fingerprint density at radius 2 is 1.56 bits per heavy atom. The standard InChI is InChI=1S/C28H16Cl3F3N2O3/c29-14-5-7-17(20(31)11-14)25(37)24-22-21(23-16-4-2-1-3-13(16)9-10-35(23)24)26(38)36(27(22)39)15-6-8-19(30)18(12-15)28(32,33)34/h1-12,21-24H/t21-,22+,23+,24-/m0/s1. The molecule has 3 aliphatic heterocycles. The lowest BCUT2D eigenvalue weighted by Crippen LogP contribution is -2.44. The molecule has 2 fully saturated rings. The Morgan fingerprint density at radius 1 is 0.846 bits per heavy atom. The molecule has 39 heavy (non-hydrogen) atoms. The molecule has 11 heteroatoms. The van der Waals surface area contributed by atoms with Gasteiger partial charge in [-0.2, -0.15) is 13.2 Å². The van der Waals surface area contributed by atoms with E-state index in [0.717, 1.165) is 22.1 Å². The van der Waals surface area contributed by atoms with Crippen molar-refractivity contribution in [1.29, 1.82) is 0 Å². The summed E-state index contributed by atoms with van der Waals surface area (Å²) >= 11 is 18.1. The molecule has 0 saturated carbocycles. The van der Waals surface area contributed by atoms with Gasteiger partial charge >= 0.3 is 6.18 Å². The van der Waals surface area contributed by atoms with E-state index in [2.05, 4.69) is 0 Å². The Morgan fingerprint density at radius 3 is 2.28 bits per heavy atom. The van der Waals surface area contributed by atoms with Crippen molar-refractivity contribution < 1.29 is 27.6 Å². The molecule has 2 amide bonds. The van der Waals surface area contributed by atoms with Crippen LogP contribution in [0.4, 0.5) is 18.9 Å². The Labute approximate surface area is 235 Å².